The molecule has 4 unspecified atom stereocenters. The van der Waals surface area contributed by atoms with E-state index >= 15 is 0 Å². The van der Waals surface area contributed by atoms with Crippen LogP contribution < -0.4 is 18.9 Å². The predicted octanol–water partition coefficient (Wildman–Crippen LogP) is 1.48. The van der Waals surface area contributed by atoms with Gasteiger partial charge in [0.2, 0.25) is 0 Å². The number of hydrogen-bond donors (Lipinski definition) is 0. The molecule has 1 fully saturated rings. The first-order valence-electron chi connectivity index (χ1n) is 6.03. The molecule has 1 rings (SSSR count). The maximum atomic E-state index is 3.79. The van der Waals surface area contributed by atoms with Gasteiger partial charge in [0.05, 0.1) is 0 Å². The summed E-state index contributed by atoms with van der Waals surface area (Å²) >= 11 is 0. The third kappa shape index (κ3) is 3.40. The summed E-state index contributed by atoms with van der Waals surface area (Å²) in [5.74, 6) is 5.21. The van der Waals surface area contributed by atoms with Crippen LogP contribution in [0.2, 0.25) is 0 Å². The molecule has 15 heavy (non-hydrogen) atoms. The minimum absolute atomic E-state index is 0. The van der Waals surface area contributed by atoms with Crippen molar-refractivity contribution in [1.82, 2.24) is 0 Å². The Morgan fingerprint density at radius 2 is 1.80 bits per heavy atom. The van der Waals surface area contributed by atoms with Crippen LogP contribution in [0.25, 0.3) is 0 Å². The van der Waals surface area contributed by atoms with Crippen LogP contribution in [0.1, 0.15) is 47.0 Å². The first kappa shape index (κ1) is 15.3. The molecule has 0 aromatic heterocycles. The molecule has 0 aromatic rings. The second kappa shape index (κ2) is 6.82. The molecule has 0 spiro atoms. The van der Waals surface area contributed by atoms with Gasteiger partial charge in [-0.3, -0.25) is 0 Å². The smallest absolute Gasteiger partial charge is 0.310 e. The average Bonchev–Trinajstić information content (AvgIpc) is 2.35. The van der Waals surface area contributed by atoms with Crippen molar-refractivity contribution in [2.75, 3.05) is 0 Å². The van der Waals surface area contributed by atoms with E-state index in [1.54, 1.807) is 5.92 Å². The molecule has 0 saturated heterocycles. The van der Waals surface area contributed by atoms with Crippen LogP contribution in [0.15, 0.2) is 12.7 Å². The fourth-order valence-corrected chi connectivity index (χ4v) is 2.96. The van der Waals surface area contributed by atoms with Gasteiger partial charge >= 0.3 is 18.9 Å². The molecule has 0 radical (unpaired) electrons. The average molecular weight is 200 g/mol. The van der Waals surface area contributed by atoms with Crippen LogP contribution in [0.4, 0.5) is 0 Å². The third-order valence-corrected chi connectivity index (χ3v) is 4.48. The molecule has 0 bridgehead atoms. The normalized spacial score (nSPS) is 36.3. The topological polar surface area (TPSA) is 0 Å². The van der Waals surface area contributed by atoms with Gasteiger partial charge in [0.15, 0.2) is 0 Å². The van der Waals surface area contributed by atoms with E-state index < -0.39 is 0 Å². The summed E-state index contributed by atoms with van der Waals surface area (Å²) in [7, 11) is 0. The molecular weight excluding hydrogens is 175 g/mol. The van der Waals surface area contributed by atoms with E-state index in [1.807, 2.05) is 6.08 Å². The van der Waals surface area contributed by atoms with Crippen molar-refractivity contribution in [2.45, 2.75) is 47.0 Å². The first-order chi connectivity index (χ1) is 6.59. The summed E-state index contributed by atoms with van der Waals surface area (Å²) < 4.78 is 0. The van der Waals surface area contributed by atoms with Gasteiger partial charge in [0.25, 0.3) is 0 Å². The maximum absolute atomic E-state index is 3.79. The molecule has 0 aromatic carbocycles. The monoisotopic (exact) mass is 200 g/mol. The van der Waals surface area contributed by atoms with Crippen LogP contribution in [0.3, 0.4) is 0 Å². The fraction of sp³-hybridized carbons (Fsp3) is 0.786. The second-order valence-electron chi connectivity index (χ2n) is 5.08. The summed E-state index contributed by atoms with van der Waals surface area (Å²) in [6.07, 6.45) is 5.91. The minimum atomic E-state index is 0. The molecular formula is C14H25Li. The molecule has 1 aliphatic carbocycles. The van der Waals surface area contributed by atoms with Gasteiger partial charge in [-0.15, -0.1) is 6.58 Å². The van der Waals surface area contributed by atoms with Crippen molar-refractivity contribution in [3.8, 4) is 0 Å². The van der Waals surface area contributed by atoms with Gasteiger partial charge in [-0.2, -0.15) is 18.8 Å². The van der Waals surface area contributed by atoms with Crippen molar-refractivity contribution in [1.29, 1.82) is 0 Å². The molecule has 0 amide bonds. The Hall–Kier alpha value is 0.337. The molecule has 1 heteroatoms. The van der Waals surface area contributed by atoms with Gasteiger partial charge in [-0.05, 0) is 6.42 Å². The van der Waals surface area contributed by atoms with Crippen LogP contribution in [0, 0.1) is 29.6 Å². The van der Waals surface area contributed by atoms with Crippen LogP contribution in [0.5, 0.6) is 0 Å². The van der Waals surface area contributed by atoms with E-state index in [0.29, 0.717) is 0 Å². The Morgan fingerprint density at radius 3 is 2.20 bits per heavy atom. The van der Waals surface area contributed by atoms with Gasteiger partial charge in [0, 0.05) is 0 Å². The van der Waals surface area contributed by atoms with E-state index in [0.717, 1.165) is 23.7 Å². The first-order valence-corrected chi connectivity index (χ1v) is 6.03. The Labute approximate surface area is 108 Å². The summed E-state index contributed by atoms with van der Waals surface area (Å²) in [5, 5.41) is 0. The Morgan fingerprint density at radius 1 is 1.20 bits per heavy atom. The SMILES string of the molecule is C=CCCCC1[C-](C)C(C)C(C)C1C.[Li+]. The van der Waals surface area contributed by atoms with Crippen molar-refractivity contribution in [2.24, 2.45) is 23.7 Å². The van der Waals surface area contributed by atoms with Crippen LogP contribution in [-0.2, 0) is 0 Å². The van der Waals surface area contributed by atoms with E-state index in [2.05, 4.69) is 34.3 Å². The van der Waals surface area contributed by atoms with Gasteiger partial charge in [-0.25, -0.2) is 0 Å². The zero-order chi connectivity index (χ0) is 10.7. The maximum Gasteiger partial charge on any atom is 1.00 e. The van der Waals surface area contributed by atoms with E-state index in [-0.39, 0.29) is 18.9 Å². The van der Waals surface area contributed by atoms with Crippen molar-refractivity contribution >= 4 is 0 Å². The van der Waals surface area contributed by atoms with Crippen LogP contribution >= 0.6 is 0 Å². The van der Waals surface area contributed by atoms with Crippen molar-refractivity contribution in [3.05, 3.63) is 18.6 Å². The van der Waals surface area contributed by atoms with E-state index in [9.17, 15) is 0 Å². The molecule has 0 heterocycles. The molecule has 0 N–H and O–H groups in total. The van der Waals surface area contributed by atoms with E-state index in [4.69, 9.17) is 0 Å². The molecule has 0 nitrogen and oxygen atoms in total. The summed E-state index contributed by atoms with van der Waals surface area (Å²) in [6.45, 7) is 13.4. The van der Waals surface area contributed by atoms with Gasteiger partial charge in [0.1, 0.15) is 0 Å². The van der Waals surface area contributed by atoms with E-state index in [1.165, 1.54) is 19.3 Å². The van der Waals surface area contributed by atoms with Gasteiger partial charge in [-0.1, -0.05) is 51.5 Å². The zero-order valence-electron chi connectivity index (χ0n) is 11.2. The number of rotatable bonds is 4. The summed E-state index contributed by atoms with van der Waals surface area (Å²) in [4.78, 5) is 0. The number of hydrogen-bond acceptors (Lipinski definition) is 0. The predicted molar refractivity (Wildman–Crippen MR) is 63.9 cm³/mol. The summed E-state index contributed by atoms with van der Waals surface area (Å²) in [5.41, 5.74) is 0. The largest absolute Gasteiger partial charge is 1.00 e. The second-order valence-corrected chi connectivity index (χ2v) is 5.08. The Bertz CT molecular complexity index is 174. The minimum Gasteiger partial charge on any atom is -0.310 e. The molecule has 82 valence electrons. The fourth-order valence-electron chi connectivity index (χ4n) is 2.96. The third-order valence-electron chi connectivity index (χ3n) is 4.48. The number of unbranched alkanes of at least 4 members (excludes halogenated alkanes) is 1. The quantitative estimate of drug-likeness (QED) is 0.279. The van der Waals surface area contributed by atoms with Gasteiger partial charge < -0.3 is 5.92 Å². The van der Waals surface area contributed by atoms with Crippen LogP contribution in [-0.4, -0.2) is 0 Å². The number of allylic oxidation sites excluding steroid dienone is 1. The molecule has 1 aliphatic rings. The molecule has 1 saturated carbocycles. The Kier molecular flexibility index (Phi) is 6.97. The standard InChI is InChI=1S/C14H25.Li/c1-6-7-8-9-14-12(4)10(2)11(3)13(14)5;/h6,10-12,14H,1,7-9H2,2-5H3;/q-1;+1. The van der Waals surface area contributed by atoms with Crippen molar-refractivity contribution in [3.63, 3.8) is 0 Å². The zero-order valence-corrected chi connectivity index (χ0v) is 11.2. The molecule has 4 atom stereocenters. The van der Waals surface area contributed by atoms with Crippen molar-refractivity contribution < 1.29 is 18.9 Å². The summed E-state index contributed by atoms with van der Waals surface area (Å²) in [6, 6.07) is 0. The Balaban J connectivity index is 0.00000196. The molecule has 0 aliphatic heterocycles.